The van der Waals surface area contributed by atoms with Crippen molar-refractivity contribution < 1.29 is 24.2 Å². The summed E-state index contributed by atoms with van der Waals surface area (Å²) in [4.78, 5) is 34.1. The van der Waals surface area contributed by atoms with Gasteiger partial charge in [0.15, 0.2) is 0 Å². The molecular formula is C13H24N2O5. The Balaban J connectivity index is 4.20. The first-order valence-corrected chi connectivity index (χ1v) is 6.69. The van der Waals surface area contributed by atoms with Gasteiger partial charge >= 0.3 is 5.97 Å². The molecule has 0 radical (unpaired) electrons. The lowest BCUT2D eigenvalue weighted by atomic mass is 10.0. The van der Waals surface area contributed by atoms with Crippen LogP contribution in [0.25, 0.3) is 0 Å². The minimum absolute atomic E-state index is 0.143. The molecule has 0 aromatic rings. The van der Waals surface area contributed by atoms with Crippen LogP contribution in [0.2, 0.25) is 0 Å². The fourth-order valence-corrected chi connectivity index (χ4v) is 1.58. The summed E-state index contributed by atoms with van der Waals surface area (Å²) >= 11 is 0. The summed E-state index contributed by atoms with van der Waals surface area (Å²) in [6, 6.07) is -0.941. The molecule has 0 aromatic carbocycles. The summed E-state index contributed by atoms with van der Waals surface area (Å²) in [7, 11) is 0. The van der Waals surface area contributed by atoms with Crippen LogP contribution in [0.5, 0.6) is 0 Å². The van der Waals surface area contributed by atoms with E-state index in [0.29, 0.717) is 13.0 Å². The standard InChI is InChI=1S/C13H24N2O5/c1-5-20-9(4)12(17)14-7-11(16)15-10(13(18)19)6-8(2)3/h8-10H,5-7H2,1-4H3,(H,14,17)(H,15,16)(H,18,19)/t9?,10-/m0/s1. The van der Waals surface area contributed by atoms with Crippen molar-refractivity contribution in [3.8, 4) is 0 Å². The lowest BCUT2D eigenvalue weighted by Gasteiger charge is -2.17. The van der Waals surface area contributed by atoms with Crippen molar-refractivity contribution in [2.75, 3.05) is 13.2 Å². The number of amides is 2. The van der Waals surface area contributed by atoms with Gasteiger partial charge in [-0.05, 0) is 26.2 Å². The Morgan fingerprint density at radius 1 is 1.20 bits per heavy atom. The Kier molecular flexibility index (Phi) is 8.54. The maximum absolute atomic E-state index is 11.6. The highest BCUT2D eigenvalue weighted by Crippen LogP contribution is 2.04. The molecule has 0 saturated carbocycles. The molecule has 0 aliphatic heterocycles. The van der Waals surface area contributed by atoms with E-state index < -0.39 is 29.9 Å². The van der Waals surface area contributed by atoms with Crippen molar-refractivity contribution in [3.63, 3.8) is 0 Å². The van der Waals surface area contributed by atoms with Crippen LogP contribution in [0.3, 0.4) is 0 Å². The summed E-state index contributed by atoms with van der Waals surface area (Å²) in [5.41, 5.74) is 0. The maximum Gasteiger partial charge on any atom is 0.326 e. The molecule has 0 aliphatic rings. The van der Waals surface area contributed by atoms with Crippen molar-refractivity contribution in [3.05, 3.63) is 0 Å². The molecule has 0 saturated heterocycles. The van der Waals surface area contributed by atoms with E-state index in [0.717, 1.165) is 0 Å². The van der Waals surface area contributed by atoms with Crippen LogP contribution in [0.1, 0.15) is 34.1 Å². The van der Waals surface area contributed by atoms with Crippen LogP contribution in [0.4, 0.5) is 0 Å². The zero-order valence-corrected chi connectivity index (χ0v) is 12.4. The van der Waals surface area contributed by atoms with Gasteiger partial charge in [-0.1, -0.05) is 13.8 Å². The first kappa shape index (κ1) is 18.4. The predicted octanol–water partition coefficient (Wildman–Crippen LogP) is 0.143. The monoisotopic (exact) mass is 288 g/mol. The van der Waals surface area contributed by atoms with E-state index in [9.17, 15) is 14.4 Å². The van der Waals surface area contributed by atoms with E-state index in [1.54, 1.807) is 13.8 Å². The van der Waals surface area contributed by atoms with Crippen LogP contribution in [0.15, 0.2) is 0 Å². The Morgan fingerprint density at radius 3 is 2.25 bits per heavy atom. The molecule has 0 bridgehead atoms. The third kappa shape index (κ3) is 7.73. The molecule has 1 unspecified atom stereocenters. The second-order valence-electron chi connectivity index (χ2n) is 4.90. The van der Waals surface area contributed by atoms with Gasteiger partial charge in [0.1, 0.15) is 12.1 Å². The lowest BCUT2D eigenvalue weighted by molar-refractivity contribution is -0.142. The second-order valence-corrected chi connectivity index (χ2v) is 4.90. The number of nitrogens with one attached hydrogen (secondary N) is 2. The average molecular weight is 288 g/mol. The van der Waals surface area contributed by atoms with Crippen molar-refractivity contribution in [1.82, 2.24) is 10.6 Å². The topological polar surface area (TPSA) is 105 Å². The summed E-state index contributed by atoms with van der Waals surface area (Å²) in [5, 5.41) is 13.8. The van der Waals surface area contributed by atoms with Crippen LogP contribution < -0.4 is 10.6 Å². The number of carboxylic acids is 1. The fraction of sp³-hybridized carbons (Fsp3) is 0.769. The number of rotatable bonds is 9. The largest absolute Gasteiger partial charge is 0.480 e. The van der Waals surface area contributed by atoms with Gasteiger partial charge in [0.25, 0.3) is 0 Å². The zero-order chi connectivity index (χ0) is 15.7. The predicted molar refractivity (Wildman–Crippen MR) is 73.1 cm³/mol. The van der Waals surface area contributed by atoms with Gasteiger partial charge in [-0.15, -0.1) is 0 Å². The molecule has 2 amide bonds. The van der Waals surface area contributed by atoms with Gasteiger partial charge in [-0.2, -0.15) is 0 Å². The third-order valence-corrected chi connectivity index (χ3v) is 2.55. The third-order valence-electron chi connectivity index (χ3n) is 2.55. The van der Waals surface area contributed by atoms with Gasteiger partial charge < -0.3 is 20.5 Å². The number of carboxylic acid groups (broad SMARTS) is 1. The molecule has 116 valence electrons. The minimum atomic E-state index is -1.08. The van der Waals surface area contributed by atoms with Crippen LogP contribution in [0, 0.1) is 5.92 Å². The van der Waals surface area contributed by atoms with Crippen LogP contribution in [-0.2, 0) is 19.1 Å². The molecule has 3 N–H and O–H groups in total. The fourth-order valence-electron chi connectivity index (χ4n) is 1.58. The average Bonchev–Trinajstić information content (AvgIpc) is 2.34. The van der Waals surface area contributed by atoms with Crippen molar-refractivity contribution in [1.29, 1.82) is 0 Å². The van der Waals surface area contributed by atoms with Gasteiger partial charge in [0, 0.05) is 6.61 Å². The lowest BCUT2D eigenvalue weighted by Crippen LogP contribution is -2.47. The number of hydrogen-bond acceptors (Lipinski definition) is 4. The number of carbonyl (C=O) groups is 3. The van der Waals surface area contributed by atoms with Crippen molar-refractivity contribution in [2.45, 2.75) is 46.3 Å². The zero-order valence-electron chi connectivity index (χ0n) is 12.4. The van der Waals surface area contributed by atoms with Gasteiger partial charge in [0.05, 0.1) is 6.54 Å². The Morgan fingerprint density at radius 2 is 1.80 bits per heavy atom. The molecule has 20 heavy (non-hydrogen) atoms. The maximum atomic E-state index is 11.6. The molecular weight excluding hydrogens is 264 g/mol. The number of carbonyl (C=O) groups excluding carboxylic acids is 2. The quantitative estimate of drug-likeness (QED) is 0.560. The number of ether oxygens (including phenoxy) is 1. The Bertz CT molecular complexity index is 344. The summed E-state index contributed by atoms with van der Waals surface area (Å²) < 4.78 is 5.07. The molecule has 0 spiro atoms. The van der Waals surface area contributed by atoms with Crippen molar-refractivity contribution in [2.24, 2.45) is 5.92 Å². The highest BCUT2D eigenvalue weighted by atomic mass is 16.5. The molecule has 0 aromatic heterocycles. The molecule has 0 fully saturated rings. The highest BCUT2D eigenvalue weighted by molar-refractivity contribution is 5.89. The van der Waals surface area contributed by atoms with E-state index in [2.05, 4.69) is 10.6 Å². The van der Waals surface area contributed by atoms with E-state index >= 15 is 0 Å². The second kappa shape index (κ2) is 9.30. The molecule has 7 nitrogen and oxygen atoms in total. The molecule has 7 heteroatoms. The summed E-state index contributed by atoms with van der Waals surface area (Å²) in [5.74, 6) is -1.88. The molecule has 0 aliphatic carbocycles. The minimum Gasteiger partial charge on any atom is -0.480 e. The van der Waals surface area contributed by atoms with Crippen LogP contribution in [-0.4, -0.2) is 48.2 Å². The van der Waals surface area contributed by atoms with E-state index in [1.807, 2.05) is 13.8 Å². The first-order valence-electron chi connectivity index (χ1n) is 6.69. The smallest absolute Gasteiger partial charge is 0.326 e. The van der Waals surface area contributed by atoms with Gasteiger partial charge in [0.2, 0.25) is 11.8 Å². The SMILES string of the molecule is CCOC(C)C(=O)NCC(=O)N[C@@H](CC(C)C)C(=O)O. The van der Waals surface area contributed by atoms with Crippen LogP contribution >= 0.6 is 0 Å². The first-order chi connectivity index (χ1) is 9.27. The number of hydrogen-bond donors (Lipinski definition) is 3. The van der Waals surface area contributed by atoms with Gasteiger partial charge in [-0.3, -0.25) is 9.59 Å². The molecule has 0 heterocycles. The molecule has 0 rings (SSSR count). The molecule has 2 atom stereocenters. The summed E-state index contributed by atoms with van der Waals surface area (Å²) in [6.45, 7) is 7.21. The normalized spacial score (nSPS) is 13.7. The summed E-state index contributed by atoms with van der Waals surface area (Å²) in [6.07, 6.45) is -0.302. The van der Waals surface area contributed by atoms with E-state index in [4.69, 9.17) is 9.84 Å². The van der Waals surface area contributed by atoms with E-state index in [-0.39, 0.29) is 12.5 Å². The van der Waals surface area contributed by atoms with Crippen molar-refractivity contribution >= 4 is 17.8 Å². The Hall–Kier alpha value is -1.63. The Labute approximate surface area is 119 Å². The van der Waals surface area contributed by atoms with Gasteiger partial charge in [-0.25, -0.2) is 4.79 Å². The highest BCUT2D eigenvalue weighted by Gasteiger charge is 2.21. The number of aliphatic carboxylic acids is 1. The van der Waals surface area contributed by atoms with E-state index in [1.165, 1.54) is 0 Å².